The lowest BCUT2D eigenvalue weighted by molar-refractivity contribution is 0.121. The van der Waals surface area contributed by atoms with E-state index in [4.69, 9.17) is 10.2 Å². The fourth-order valence-electron chi connectivity index (χ4n) is 1.38. The second-order valence-electron chi connectivity index (χ2n) is 2.79. The highest BCUT2D eigenvalue weighted by Gasteiger charge is 2.19. The molecule has 1 aliphatic carbocycles. The Hall–Kier alpha value is -0.340. The average Bonchev–Trinajstić information content (AvgIpc) is 2.43. The molecule has 2 nitrogen and oxygen atoms in total. The number of rotatable bonds is 3. The molecule has 2 heteroatoms. The Bertz CT molecular complexity index is 116. The minimum Gasteiger partial charge on any atom is -0.396 e. The molecule has 1 aliphatic rings. The van der Waals surface area contributed by atoms with Gasteiger partial charge in [0.25, 0.3) is 0 Å². The lowest BCUT2D eigenvalue weighted by Gasteiger charge is -2.16. The highest BCUT2D eigenvalue weighted by atomic mass is 16.3. The Labute approximate surface area is 61.2 Å². The van der Waals surface area contributed by atoms with Crippen molar-refractivity contribution in [2.75, 3.05) is 13.2 Å². The Morgan fingerprint density at radius 2 is 2.10 bits per heavy atom. The van der Waals surface area contributed by atoms with Gasteiger partial charge in [-0.3, -0.25) is 0 Å². The predicted octanol–water partition coefficient (Wildman–Crippen LogP) is 0.553. The van der Waals surface area contributed by atoms with Crippen molar-refractivity contribution >= 4 is 0 Å². The Balaban J connectivity index is 2.37. The molecule has 0 saturated heterocycles. The van der Waals surface area contributed by atoms with E-state index in [1.54, 1.807) is 0 Å². The van der Waals surface area contributed by atoms with Crippen molar-refractivity contribution in [1.29, 1.82) is 0 Å². The van der Waals surface area contributed by atoms with Gasteiger partial charge >= 0.3 is 0 Å². The van der Waals surface area contributed by atoms with Crippen LogP contribution in [0.15, 0.2) is 12.2 Å². The first-order valence-electron chi connectivity index (χ1n) is 3.77. The van der Waals surface area contributed by atoms with Crippen LogP contribution in [0.3, 0.4) is 0 Å². The summed E-state index contributed by atoms with van der Waals surface area (Å²) in [6.07, 6.45) is 6.40. The largest absolute Gasteiger partial charge is 0.396 e. The Morgan fingerprint density at radius 1 is 1.40 bits per heavy atom. The van der Waals surface area contributed by atoms with E-state index in [9.17, 15) is 0 Å². The lowest BCUT2D eigenvalue weighted by atomic mass is 9.93. The van der Waals surface area contributed by atoms with Crippen LogP contribution in [0.5, 0.6) is 0 Å². The van der Waals surface area contributed by atoms with Gasteiger partial charge in [-0.15, -0.1) is 0 Å². The number of hydrogen-bond donors (Lipinski definition) is 2. The van der Waals surface area contributed by atoms with Gasteiger partial charge in [0.05, 0.1) is 0 Å². The van der Waals surface area contributed by atoms with Gasteiger partial charge < -0.3 is 10.2 Å². The minimum atomic E-state index is 0.0683. The molecular weight excluding hydrogens is 128 g/mol. The maximum Gasteiger partial charge on any atom is 0.0486 e. The van der Waals surface area contributed by atoms with Crippen molar-refractivity contribution in [2.24, 2.45) is 11.8 Å². The molecule has 1 atom stereocenters. The van der Waals surface area contributed by atoms with E-state index in [2.05, 4.69) is 12.2 Å². The van der Waals surface area contributed by atoms with Crippen molar-refractivity contribution < 1.29 is 10.2 Å². The van der Waals surface area contributed by atoms with Gasteiger partial charge in [-0.2, -0.15) is 0 Å². The average molecular weight is 142 g/mol. The topological polar surface area (TPSA) is 40.5 Å². The summed E-state index contributed by atoms with van der Waals surface area (Å²) in [5.74, 6) is 0.480. The molecule has 0 bridgehead atoms. The summed E-state index contributed by atoms with van der Waals surface area (Å²) in [7, 11) is 0. The summed E-state index contributed by atoms with van der Waals surface area (Å²) in [6, 6.07) is 0. The second-order valence-corrected chi connectivity index (χ2v) is 2.79. The number of allylic oxidation sites excluding steroid dienone is 2. The van der Waals surface area contributed by atoms with Gasteiger partial charge in [0.1, 0.15) is 0 Å². The molecule has 0 heterocycles. The third-order valence-corrected chi connectivity index (χ3v) is 2.12. The van der Waals surface area contributed by atoms with Crippen LogP contribution in [-0.2, 0) is 0 Å². The molecule has 0 radical (unpaired) electrons. The first-order valence-corrected chi connectivity index (χ1v) is 3.77. The quantitative estimate of drug-likeness (QED) is 0.565. The first-order chi connectivity index (χ1) is 4.88. The summed E-state index contributed by atoms with van der Waals surface area (Å²) in [4.78, 5) is 0. The van der Waals surface area contributed by atoms with Crippen molar-refractivity contribution in [3.8, 4) is 0 Å². The van der Waals surface area contributed by atoms with Gasteiger partial charge in [0, 0.05) is 19.1 Å². The standard InChI is InChI=1S/C8H14O2/c9-5-8(6-10)7-3-1-2-4-7/h1,3,7-10H,2,4-6H2. The van der Waals surface area contributed by atoms with Gasteiger partial charge in [0.2, 0.25) is 0 Å². The first kappa shape index (κ1) is 7.76. The van der Waals surface area contributed by atoms with Gasteiger partial charge in [-0.25, -0.2) is 0 Å². The van der Waals surface area contributed by atoms with Crippen molar-refractivity contribution in [3.05, 3.63) is 12.2 Å². The Kier molecular flexibility index (Phi) is 2.90. The monoisotopic (exact) mass is 142 g/mol. The van der Waals surface area contributed by atoms with Gasteiger partial charge in [-0.1, -0.05) is 12.2 Å². The highest BCUT2D eigenvalue weighted by Crippen LogP contribution is 2.24. The molecule has 2 N–H and O–H groups in total. The van der Waals surface area contributed by atoms with Crippen molar-refractivity contribution in [2.45, 2.75) is 12.8 Å². The van der Waals surface area contributed by atoms with E-state index in [0.29, 0.717) is 5.92 Å². The molecular formula is C8H14O2. The number of hydrogen-bond acceptors (Lipinski definition) is 2. The van der Waals surface area contributed by atoms with Crippen LogP contribution in [0, 0.1) is 11.8 Å². The fraction of sp³-hybridized carbons (Fsp3) is 0.750. The summed E-state index contributed by atoms with van der Waals surface area (Å²) in [6.45, 7) is 0.205. The summed E-state index contributed by atoms with van der Waals surface area (Å²) in [5, 5.41) is 17.6. The van der Waals surface area contributed by atoms with E-state index in [1.807, 2.05) is 0 Å². The van der Waals surface area contributed by atoms with Crippen LogP contribution < -0.4 is 0 Å². The highest BCUT2D eigenvalue weighted by molar-refractivity contribution is 4.98. The maximum absolute atomic E-state index is 8.79. The molecule has 58 valence electrons. The number of aliphatic hydroxyl groups excluding tert-OH is 2. The SMILES string of the molecule is OCC(CO)C1C=CCC1. The molecule has 0 fully saturated rings. The molecule has 1 rings (SSSR count). The molecule has 1 unspecified atom stereocenters. The van der Waals surface area contributed by atoms with E-state index in [-0.39, 0.29) is 19.1 Å². The number of aliphatic hydroxyl groups is 2. The molecule has 0 aromatic carbocycles. The summed E-state index contributed by atoms with van der Waals surface area (Å²) < 4.78 is 0. The maximum atomic E-state index is 8.79. The molecule has 0 amide bonds. The molecule has 0 aromatic rings. The predicted molar refractivity (Wildman–Crippen MR) is 39.5 cm³/mol. The van der Waals surface area contributed by atoms with Crippen molar-refractivity contribution in [1.82, 2.24) is 0 Å². The van der Waals surface area contributed by atoms with Crippen LogP contribution in [0.25, 0.3) is 0 Å². The summed E-state index contributed by atoms with van der Waals surface area (Å²) in [5.41, 5.74) is 0. The van der Waals surface area contributed by atoms with E-state index < -0.39 is 0 Å². The fourth-order valence-corrected chi connectivity index (χ4v) is 1.38. The molecule has 0 spiro atoms. The Morgan fingerprint density at radius 3 is 2.50 bits per heavy atom. The molecule has 0 aliphatic heterocycles. The van der Waals surface area contributed by atoms with Crippen LogP contribution in [0.2, 0.25) is 0 Å². The zero-order valence-electron chi connectivity index (χ0n) is 6.03. The molecule has 10 heavy (non-hydrogen) atoms. The van der Waals surface area contributed by atoms with E-state index in [0.717, 1.165) is 12.8 Å². The van der Waals surface area contributed by atoms with Crippen LogP contribution in [0.1, 0.15) is 12.8 Å². The van der Waals surface area contributed by atoms with Gasteiger partial charge in [0.15, 0.2) is 0 Å². The van der Waals surface area contributed by atoms with Crippen molar-refractivity contribution in [3.63, 3.8) is 0 Å². The zero-order valence-corrected chi connectivity index (χ0v) is 6.03. The van der Waals surface area contributed by atoms with Crippen LogP contribution in [-0.4, -0.2) is 23.4 Å². The van der Waals surface area contributed by atoms with E-state index >= 15 is 0 Å². The van der Waals surface area contributed by atoms with Gasteiger partial charge in [-0.05, 0) is 18.8 Å². The van der Waals surface area contributed by atoms with Crippen LogP contribution >= 0.6 is 0 Å². The zero-order chi connectivity index (χ0) is 7.40. The van der Waals surface area contributed by atoms with E-state index in [1.165, 1.54) is 0 Å². The smallest absolute Gasteiger partial charge is 0.0486 e. The second kappa shape index (κ2) is 3.74. The lowest BCUT2D eigenvalue weighted by Crippen LogP contribution is -2.19. The third kappa shape index (κ3) is 1.58. The molecule has 0 saturated carbocycles. The minimum absolute atomic E-state index is 0.0683. The van der Waals surface area contributed by atoms with Crippen LogP contribution in [0.4, 0.5) is 0 Å². The normalized spacial score (nSPS) is 24.5. The molecule has 0 aromatic heterocycles. The third-order valence-electron chi connectivity index (χ3n) is 2.12. The summed E-state index contributed by atoms with van der Waals surface area (Å²) >= 11 is 0.